The summed E-state index contributed by atoms with van der Waals surface area (Å²) < 4.78 is 3.16. The summed E-state index contributed by atoms with van der Waals surface area (Å²) in [6.45, 7) is 5.24. The second-order valence-corrected chi connectivity index (χ2v) is 12.0. The van der Waals surface area contributed by atoms with Crippen LogP contribution in [-0.4, -0.2) is 67.8 Å². The number of quaternary nitrogens is 1. The molecule has 5 rings (SSSR count). The molecule has 5 aromatic rings. The van der Waals surface area contributed by atoms with Gasteiger partial charge in [0.15, 0.2) is 6.54 Å². The number of imidazole rings is 1. The van der Waals surface area contributed by atoms with E-state index >= 15 is 0 Å². The van der Waals surface area contributed by atoms with Gasteiger partial charge < -0.3 is 19.3 Å². The number of carbonyl (C=O) groups excluding carboxylic acids is 1. The van der Waals surface area contributed by atoms with Crippen LogP contribution >= 0.6 is 0 Å². The van der Waals surface area contributed by atoms with Crippen molar-refractivity contribution in [1.82, 2.24) is 14.9 Å². The van der Waals surface area contributed by atoms with Gasteiger partial charge in [0.05, 0.1) is 31.7 Å². The molecule has 1 amide bonds. The van der Waals surface area contributed by atoms with E-state index in [0.29, 0.717) is 11.0 Å². The van der Waals surface area contributed by atoms with E-state index in [1.54, 1.807) is 0 Å². The summed E-state index contributed by atoms with van der Waals surface area (Å²) in [5.74, 6) is 1.17. The fraction of sp³-hybridized carbons (Fsp3) is 0.371. The van der Waals surface area contributed by atoms with Gasteiger partial charge in [0, 0.05) is 49.2 Å². The average molecular weight is 551 g/mol. The number of nitrogens with zero attached hydrogens (tertiary/aromatic N) is 4. The number of unbranched alkanes of at least 4 members (excludes halogenated alkanes) is 2. The van der Waals surface area contributed by atoms with Gasteiger partial charge in [-0.25, -0.2) is 4.98 Å². The van der Waals surface area contributed by atoms with Crippen molar-refractivity contribution >= 4 is 44.2 Å². The van der Waals surface area contributed by atoms with Crippen molar-refractivity contribution in [3.8, 4) is 11.4 Å². The van der Waals surface area contributed by atoms with Gasteiger partial charge in [-0.3, -0.25) is 4.79 Å². The lowest BCUT2D eigenvalue weighted by Crippen LogP contribution is -2.48. The Kier molecular flexibility index (Phi) is 8.60. The maximum Gasteiger partial charge on any atom is 0.275 e. The van der Waals surface area contributed by atoms with E-state index in [1.807, 2.05) is 0 Å². The number of likely N-dealkylation sites (N-methyl/N-ethyl adjacent to an activating group) is 1. The number of benzene rings is 4. The first-order valence-electron chi connectivity index (χ1n) is 14.9. The predicted molar refractivity (Wildman–Crippen MR) is 174 cm³/mol. The van der Waals surface area contributed by atoms with Crippen LogP contribution in [0.3, 0.4) is 0 Å². The molecule has 0 saturated carbocycles. The Balaban J connectivity index is 1.46. The van der Waals surface area contributed by atoms with E-state index in [-0.39, 0.29) is 5.91 Å². The van der Waals surface area contributed by atoms with E-state index in [4.69, 9.17) is 4.98 Å². The molecule has 0 radical (unpaired) electrons. The second kappa shape index (κ2) is 12.3. The molecule has 1 heterocycles. The smallest absolute Gasteiger partial charge is 0.275 e. The minimum absolute atomic E-state index is 0.144. The Morgan fingerprint density at radius 3 is 2.15 bits per heavy atom. The van der Waals surface area contributed by atoms with Crippen LogP contribution in [0.25, 0.3) is 44.0 Å². The summed E-state index contributed by atoms with van der Waals surface area (Å²) >= 11 is 0. The molecule has 4 aromatic carbocycles. The first-order chi connectivity index (χ1) is 19.8. The van der Waals surface area contributed by atoms with Gasteiger partial charge in [0.2, 0.25) is 0 Å². The van der Waals surface area contributed by atoms with Crippen LogP contribution in [0.2, 0.25) is 0 Å². The summed E-state index contributed by atoms with van der Waals surface area (Å²) in [4.78, 5) is 19.7. The summed E-state index contributed by atoms with van der Waals surface area (Å²) in [5.41, 5.74) is 4.60. The van der Waals surface area contributed by atoms with Gasteiger partial charge in [0.25, 0.3) is 5.91 Å². The van der Waals surface area contributed by atoms with Gasteiger partial charge in [0.1, 0.15) is 5.82 Å². The third kappa shape index (κ3) is 6.23. The van der Waals surface area contributed by atoms with Crippen molar-refractivity contribution in [2.45, 2.75) is 39.2 Å². The first kappa shape index (κ1) is 28.6. The Hall–Kier alpha value is -3.90. The van der Waals surface area contributed by atoms with Crippen LogP contribution in [-0.2, 0) is 11.3 Å². The zero-order valence-electron chi connectivity index (χ0n) is 25.3. The van der Waals surface area contributed by atoms with E-state index < -0.39 is 0 Å². The SMILES string of the molecule is CCCNC(=O)C[N+](C)(C)CCCCCn1c(-c2ccc(N(C)C)cc2)nc2c3ccccc3c3ccccc3c21. The van der Waals surface area contributed by atoms with Gasteiger partial charge in [-0.05, 0) is 60.7 Å². The van der Waals surface area contributed by atoms with E-state index in [0.717, 1.165) is 62.2 Å². The molecule has 0 aliphatic carbocycles. The largest absolute Gasteiger partial charge is 0.378 e. The predicted octanol–water partition coefficient (Wildman–Crippen LogP) is 6.85. The van der Waals surface area contributed by atoms with Gasteiger partial charge in [-0.1, -0.05) is 55.5 Å². The van der Waals surface area contributed by atoms with E-state index in [2.05, 4.69) is 123 Å². The topological polar surface area (TPSA) is 50.2 Å². The summed E-state index contributed by atoms with van der Waals surface area (Å²) in [6.07, 6.45) is 4.20. The summed E-state index contributed by atoms with van der Waals surface area (Å²) in [7, 11) is 8.45. The minimum Gasteiger partial charge on any atom is -0.378 e. The highest BCUT2D eigenvalue weighted by atomic mass is 16.2. The molecule has 0 atom stereocenters. The van der Waals surface area contributed by atoms with Crippen LogP contribution in [0, 0.1) is 0 Å². The minimum atomic E-state index is 0.144. The molecule has 6 heteroatoms. The molecule has 0 saturated heterocycles. The molecule has 6 nitrogen and oxygen atoms in total. The molecular formula is C35H44N5O+. The Labute approximate surface area is 244 Å². The highest BCUT2D eigenvalue weighted by Gasteiger charge is 2.21. The molecular weight excluding hydrogens is 506 g/mol. The van der Waals surface area contributed by atoms with E-state index in [9.17, 15) is 4.79 Å². The van der Waals surface area contributed by atoms with Crippen LogP contribution in [0.4, 0.5) is 5.69 Å². The lowest BCUT2D eigenvalue weighted by atomic mass is 10.00. The normalized spacial score (nSPS) is 11.9. The van der Waals surface area contributed by atoms with Gasteiger partial charge in [-0.2, -0.15) is 0 Å². The molecule has 214 valence electrons. The number of aryl methyl sites for hydroxylation is 1. The van der Waals surface area contributed by atoms with Crippen molar-refractivity contribution in [2.24, 2.45) is 0 Å². The molecule has 1 N–H and O–H groups in total. The standard InChI is InChI=1S/C35H43N5O/c1-6-22-36-32(41)25-40(4,5)24-13-7-12-23-39-34-31-17-11-9-15-29(31)28-14-8-10-16-30(28)33(34)37-35(39)26-18-20-27(21-19-26)38(2)3/h8-11,14-21H,6-7,12-13,22-25H2,1-5H3/p+1. The second-order valence-electron chi connectivity index (χ2n) is 12.0. The number of fused-ring (bicyclic) bond motifs is 6. The van der Waals surface area contributed by atoms with Crippen LogP contribution in [0.5, 0.6) is 0 Å². The van der Waals surface area contributed by atoms with Crippen LogP contribution in [0.15, 0.2) is 72.8 Å². The number of hydrogen-bond acceptors (Lipinski definition) is 3. The lowest BCUT2D eigenvalue weighted by Gasteiger charge is -2.29. The monoisotopic (exact) mass is 550 g/mol. The third-order valence-electron chi connectivity index (χ3n) is 8.05. The molecule has 41 heavy (non-hydrogen) atoms. The maximum atomic E-state index is 12.3. The Bertz CT molecular complexity index is 1650. The maximum absolute atomic E-state index is 12.3. The summed E-state index contributed by atoms with van der Waals surface area (Å²) in [5, 5.41) is 7.99. The molecule has 0 bridgehead atoms. The molecule has 0 unspecified atom stereocenters. The highest BCUT2D eigenvalue weighted by Crippen LogP contribution is 2.37. The number of carbonyl (C=O) groups is 1. The number of amides is 1. The Morgan fingerprint density at radius 2 is 1.49 bits per heavy atom. The first-order valence-corrected chi connectivity index (χ1v) is 14.9. The van der Waals surface area contributed by atoms with Gasteiger partial charge >= 0.3 is 0 Å². The third-order valence-corrected chi connectivity index (χ3v) is 8.05. The average Bonchev–Trinajstić information content (AvgIpc) is 3.35. The number of aromatic nitrogens is 2. The number of anilines is 1. The van der Waals surface area contributed by atoms with Crippen molar-refractivity contribution in [1.29, 1.82) is 0 Å². The van der Waals surface area contributed by atoms with Crippen molar-refractivity contribution < 1.29 is 9.28 Å². The van der Waals surface area contributed by atoms with E-state index in [1.165, 1.54) is 32.7 Å². The molecule has 0 aliphatic rings. The summed E-state index contributed by atoms with van der Waals surface area (Å²) in [6, 6.07) is 26.1. The van der Waals surface area contributed by atoms with Crippen molar-refractivity contribution in [3.63, 3.8) is 0 Å². The van der Waals surface area contributed by atoms with Crippen molar-refractivity contribution in [3.05, 3.63) is 72.8 Å². The molecule has 0 fully saturated rings. The van der Waals surface area contributed by atoms with Gasteiger partial charge in [-0.15, -0.1) is 0 Å². The quantitative estimate of drug-likeness (QED) is 0.105. The number of nitrogens with one attached hydrogen (secondary N) is 1. The van der Waals surface area contributed by atoms with Crippen molar-refractivity contribution in [2.75, 3.05) is 52.7 Å². The lowest BCUT2D eigenvalue weighted by molar-refractivity contribution is -0.882. The Morgan fingerprint density at radius 1 is 0.854 bits per heavy atom. The fourth-order valence-corrected chi connectivity index (χ4v) is 5.88. The molecule has 0 aliphatic heterocycles. The van der Waals surface area contributed by atoms with Crippen LogP contribution < -0.4 is 10.2 Å². The zero-order chi connectivity index (χ0) is 29.0. The fourth-order valence-electron chi connectivity index (χ4n) is 5.88. The molecule has 1 aromatic heterocycles. The molecule has 0 spiro atoms. The zero-order valence-corrected chi connectivity index (χ0v) is 25.3. The number of hydrogen-bond donors (Lipinski definition) is 1. The van der Waals surface area contributed by atoms with Crippen LogP contribution in [0.1, 0.15) is 32.6 Å². The number of rotatable bonds is 12. The highest BCUT2D eigenvalue weighted by molar-refractivity contribution is 6.23.